The number of hydrogen-bond donors (Lipinski definition) is 3. The van der Waals surface area contributed by atoms with E-state index < -0.39 is 11.5 Å². The highest BCUT2D eigenvalue weighted by Crippen LogP contribution is 2.48. The first-order chi connectivity index (χ1) is 13.3. The summed E-state index contributed by atoms with van der Waals surface area (Å²) in [5.74, 6) is -0.647. The number of phenols is 1. The molecule has 1 amide bonds. The molecule has 2 aromatic rings. The van der Waals surface area contributed by atoms with Crippen LogP contribution in [0.15, 0.2) is 48.5 Å². The molecule has 1 saturated carbocycles. The van der Waals surface area contributed by atoms with Crippen LogP contribution >= 0.6 is 0 Å². The van der Waals surface area contributed by atoms with E-state index in [1.165, 1.54) is 4.90 Å². The topological polar surface area (TPSA) is 100 Å². The Morgan fingerprint density at radius 1 is 1.21 bits per heavy atom. The van der Waals surface area contributed by atoms with Crippen LogP contribution in [0.3, 0.4) is 0 Å². The summed E-state index contributed by atoms with van der Waals surface area (Å²) in [5, 5.41) is 30.7. The molecule has 2 aliphatic rings. The van der Waals surface area contributed by atoms with Crippen molar-refractivity contribution in [2.24, 2.45) is 0 Å². The van der Waals surface area contributed by atoms with E-state index in [0.29, 0.717) is 0 Å². The van der Waals surface area contributed by atoms with Gasteiger partial charge in [0, 0.05) is 7.05 Å². The van der Waals surface area contributed by atoms with Crippen LogP contribution in [0.4, 0.5) is 0 Å². The quantitative estimate of drug-likeness (QED) is 0.769. The molecule has 1 aliphatic heterocycles. The molecular weight excluding hydrogens is 352 g/mol. The molecular formula is C22H22N4O2. The number of aromatic hydroxyl groups is 1. The number of hydrogen-bond acceptors (Lipinski definition) is 4. The summed E-state index contributed by atoms with van der Waals surface area (Å²) in [6.07, 6.45) is 1.74. The minimum atomic E-state index is -0.895. The van der Waals surface area contributed by atoms with Gasteiger partial charge in [-0.3, -0.25) is 15.1 Å². The summed E-state index contributed by atoms with van der Waals surface area (Å²) in [4.78, 5) is 14.5. The predicted octanol–water partition coefficient (Wildman–Crippen LogP) is 2.94. The van der Waals surface area contributed by atoms with Crippen LogP contribution in [-0.4, -0.2) is 28.9 Å². The summed E-state index contributed by atoms with van der Waals surface area (Å²) in [6.45, 7) is 1.87. The van der Waals surface area contributed by atoms with E-state index in [4.69, 9.17) is 5.41 Å². The van der Waals surface area contributed by atoms with Crippen molar-refractivity contribution in [3.05, 3.63) is 65.2 Å². The van der Waals surface area contributed by atoms with Gasteiger partial charge in [0.15, 0.2) is 5.96 Å². The smallest absolute Gasteiger partial charge is 0.239 e. The normalized spacial score (nSPS) is 25.8. The number of carbonyl (C=O) groups excluding carboxylic acids is 1. The van der Waals surface area contributed by atoms with Crippen LogP contribution in [0.2, 0.25) is 0 Å². The maximum absolute atomic E-state index is 13.2. The Labute approximate surface area is 163 Å². The first-order valence-corrected chi connectivity index (χ1v) is 9.26. The van der Waals surface area contributed by atoms with Crippen molar-refractivity contribution in [1.82, 2.24) is 10.2 Å². The van der Waals surface area contributed by atoms with Gasteiger partial charge in [-0.05, 0) is 48.6 Å². The van der Waals surface area contributed by atoms with E-state index in [9.17, 15) is 15.2 Å². The lowest BCUT2D eigenvalue weighted by molar-refractivity contribution is -0.131. The molecule has 0 radical (unpaired) electrons. The van der Waals surface area contributed by atoms with Crippen molar-refractivity contribution in [2.75, 3.05) is 7.05 Å². The van der Waals surface area contributed by atoms with E-state index in [2.05, 4.69) is 11.4 Å². The Balaban J connectivity index is 1.80. The van der Waals surface area contributed by atoms with E-state index in [1.807, 2.05) is 37.3 Å². The number of nitriles is 1. The molecule has 0 aromatic heterocycles. The molecule has 2 atom stereocenters. The molecule has 6 heteroatoms. The van der Waals surface area contributed by atoms with E-state index in [-0.39, 0.29) is 23.0 Å². The van der Waals surface area contributed by atoms with Gasteiger partial charge in [-0.25, -0.2) is 0 Å². The molecule has 2 aromatic carbocycles. The zero-order valence-corrected chi connectivity index (χ0v) is 15.9. The fraction of sp³-hybridized carbons (Fsp3) is 0.318. The molecule has 1 heterocycles. The van der Waals surface area contributed by atoms with Gasteiger partial charge in [0.1, 0.15) is 5.75 Å². The zero-order valence-electron chi connectivity index (χ0n) is 15.9. The molecule has 3 N–H and O–H groups in total. The van der Waals surface area contributed by atoms with Gasteiger partial charge in [0.05, 0.1) is 22.9 Å². The number of likely N-dealkylation sites (N-methyl/N-ethyl adjacent to an activating group) is 1. The van der Waals surface area contributed by atoms with Gasteiger partial charge in [-0.1, -0.05) is 36.4 Å². The van der Waals surface area contributed by atoms with Crippen molar-refractivity contribution in [3.63, 3.8) is 0 Å². The largest absolute Gasteiger partial charge is 0.508 e. The zero-order chi connectivity index (χ0) is 20.1. The fourth-order valence-corrected chi connectivity index (χ4v) is 4.08. The van der Waals surface area contributed by atoms with Crippen molar-refractivity contribution in [1.29, 1.82) is 10.7 Å². The molecule has 142 valence electrons. The van der Waals surface area contributed by atoms with Crippen LogP contribution in [-0.2, 0) is 15.7 Å². The molecule has 2 fully saturated rings. The molecule has 1 saturated heterocycles. The van der Waals surface area contributed by atoms with Gasteiger partial charge in [0.2, 0.25) is 5.91 Å². The SMILES string of the molecule is CN1C(=N)N[C@](C)(c2cccc(O)c2)[C@H](c2ccc(C3(C#N)CC3)cc2)C1=O. The lowest BCUT2D eigenvalue weighted by Gasteiger charge is -2.46. The molecule has 4 rings (SSSR count). The lowest BCUT2D eigenvalue weighted by Crippen LogP contribution is -2.62. The van der Waals surface area contributed by atoms with Crippen molar-refractivity contribution in [3.8, 4) is 11.8 Å². The number of phenolic OH excluding ortho intramolecular Hbond substituents is 1. The molecule has 6 nitrogen and oxygen atoms in total. The second-order valence-corrected chi connectivity index (χ2v) is 7.87. The summed E-state index contributed by atoms with van der Waals surface area (Å²) >= 11 is 0. The molecule has 28 heavy (non-hydrogen) atoms. The lowest BCUT2D eigenvalue weighted by atomic mass is 9.73. The Morgan fingerprint density at radius 2 is 1.89 bits per heavy atom. The van der Waals surface area contributed by atoms with Crippen LogP contribution < -0.4 is 5.32 Å². The summed E-state index contributed by atoms with van der Waals surface area (Å²) in [6, 6.07) is 16.8. The van der Waals surface area contributed by atoms with Gasteiger partial charge in [0.25, 0.3) is 0 Å². The second kappa shape index (κ2) is 6.10. The number of benzene rings is 2. The van der Waals surface area contributed by atoms with E-state index >= 15 is 0 Å². The Hall–Kier alpha value is -3.33. The summed E-state index contributed by atoms with van der Waals surface area (Å²) in [5.41, 5.74) is 1.24. The average molecular weight is 374 g/mol. The van der Waals surface area contributed by atoms with E-state index in [0.717, 1.165) is 29.5 Å². The third-order valence-electron chi connectivity index (χ3n) is 6.07. The minimum absolute atomic E-state index is 0.0186. The molecule has 1 aliphatic carbocycles. The van der Waals surface area contributed by atoms with Gasteiger partial charge in [-0.2, -0.15) is 5.26 Å². The highest BCUT2D eigenvalue weighted by molar-refractivity contribution is 6.02. The van der Waals surface area contributed by atoms with E-state index in [1.54, 1.807) is 25.2 Å². The van der Waals surface area contributed by atoms with Crippen molar-refractivity contribution < 1.29 is 9.90 Å². The van der Waals surface area contributed by atoms with Crippen LogP contribution in [0, 0.1) is 16.7 Å². The third kappa shape index (κ3) is 2.63. The Kier molecular flexibility index (Phi) is 3.93. The minimum Gasteiger partial charge on any atom is -0.508 e. The van der Waals surface area contributed by atoms with Crippen LogP contribution in [0.5, 0.6) is 5.75 Å². The molecule has 0 unspecified atom stereocenters. The number of nitrogens with zero attached hydrogens (tertiary/aromatic N) is 2. The highest BCUT2D eigenvalue weighted by atomic mass is 16.3. The van der Waals surface area contributed by atoms with Gasteiger partial charge < -0.3 is 10.4 Å². The first kappa shape index (κ1) is 18.1. The number of nitrogens with one attached hydrogen (secondary N) is 2. The predicted molar refractivity (Wildman–Crippen MR) is 105 cm³/mol. The Morgan fingerprint density at radius 3 is 2.46 bits per heavy atom. The number of amides is 1. The van der Waals surface area contributed by atoms with Crippen molar-refractivity contribution >= 4 is 11.9 Å². The number of carbonyl (C=O) groups is 1. The standard InChI is InChI=1S/C22H22N4O2/c1-21(16-4-3-5-17(27)12-16)18(19(28)26(2)20(24)25-21)14-6-8-15(9-7-14)22(13-23)10-11-22/h3-9,12,18,27H,10-11H2,1-2H3,(H2,24,25)/t18-,21-/m1/s1. The average Bonchev–Trinajstić information content (AvgIpc) is 3.48. The maximum atomic E-state index is 13.2. The van der Waals surface area contributed by atoms with Crippen molar-refractivity contribution in [2.45, 2.75) is 36.6 Å². The first-order valence-electron chi connectivity index (χ1n) is 9.26. The molecule has 0 bridgehead atoms. The Bertz CT molecular complexity index is 1000. The monoisotopic (exact) mass is 374 g/mol. The van der Waals surface area contributed by atoms with Gasteiger partial charge >= 0.3 is 0 Å². The third-order valence-corrected chi connectivity index (χ3v) is 6.07. The fourth-order valence-electron chi connectivity index (χ4n) is 4.08. The van der Waals surface area contributed by atoms with Crippen LogP contribution in [0.25, 0.3) is 0 Å². The maximum Gasteiger partial charge on any atom is 0.239 e. The second-order valence-electron chi connectivity index (χ2n) is 7.87. The number of guanidine groups is 1. The summed E-state index contributed by atoms with van der Waals surface area (Å²) in [7, 11) is 1.58. The van der Waals surface area contributed by atoms with Gasteiger partial charge in [-0.15, -0.1) is 0 Å². The number of rotatable bonds is 3. The highest BCUT2D eigenvalue weighted by Gasteiger charge is 2.49. The van der Waals surface area contributed by atoms with Crippen LogP contribution in [0.1, 0.15) is 42.4 Å². The molecule has 0 spiro atoms. The summed E-state index contributed by atoms with van der Waals surface area (Å²) < 4.78 is 0.